The van der Waals surface area contributed by atoms with Crippen molar-refractivity contribution in [3.8, 4) is 0 Å². The van der Waals surface area contributed by atoms with Crippen LogP contribution in [0.4, 0.5) is 4.79 Å². The summed E-state index contributed by atoms with van der Waals surface area (Å²) in [4.78, 5) is 12.9. The highest BCUT2D eigenvalue weighted by molar-refractivity contribution is 5.88. The Morgan fingerprint density at radius 1 is 1.11 bits per heavy atom. The third kappa shape index (κ3) is 3.90. The number of carbonyl (C=O) groups is 1. The second kappa shape index (κ2) is 8.14. The molecule has 28 heavy (non-hydrogen) atoms. The van der Waals surface area contributed by atoms with E-state index in [1.54, 1.807) is 0 Å². The SMILES string of the molecule is CC(C)[C@@H]1CC[C@@H](C)C[C@H]1OC(=O)N[C@H]1CCCc2ccc3ccccc3c21. The number of rotatable bonds is 3. The number of amides is 1. The van der Waals surface area contributed by atoms with Crippen LogP contribution >= 0.6 is 0 Å². The highest BCUT2D eigenvalue weighted by Gasteiger charge is 2.34. The molecule has 3 nitrogen and oxygen atoms in total. The molecule has 150 valence electrons. The first-order chi connectivity index (χ1) is 13.5. The Labute approximate surface area is 168 Å². The lowest BCUT2D eigenvalue weighted by atomic mass is 9.75. The van der Waals surface area contributed by atoms with Crippen LogP contribution < -0.4 is 5.32 Å². The van der Waals surface area contributed by atoms with Crippen LogP contribution in [0.2, 0.25) is 0 Å². The summed E-state index contributed by atoms with van der Waals surface area (Å²) in [5, 5.41) is 5.73. The maximum atomic E-state index is 12.9. The zero-order valence-electron chi connectivity index (χ0n) is 17.4. The van der Waals surface area contributed by atoms with Crippen LogP contribution in [0.25, 0.3) is 10.8 Å². The van der Waals surface area contributed by atoms with Crippen molar-refractivity contribution in [3.63, 3.8) is 0 Å². The third-order valence-corrected chi connectivity index (χ3v) is 6.86. The van der Waals surface area contributed by atoms with E-state index in [-0.39, 0.29) is 18.2 Å². The van der Waals surface area contributed by atoms with E-state index in [9.17, 15) is 4.79 Å². The second-order valence-electron chi connectivity index (χ2n) is 9.22. The van der Waals surface area contributed by atoms with Crippen LogP contribution in [0.5, 0.6) is 0 Å². The van der Waals surface area contributed by atoms with Gasteiger partial charge in [-0.05, 0) is 71.8 Å². The molecule has 0 aromatic heterocycles. The molecule has 4 atom stereocenters. The third-order valence-electron chi connectivity index (χ3n) is 6.86. The van der Waals surface area contributed by atoms with Crippen molar-refractivity contribution in [2.45, 2.75) is 71.4 Å². The highest BCUT2D eigenvalue weighted by atomic mass is 16.6. The van der Waals surface area contributed by atoms with Crippen molar-refractivity contribution in [2.24, 2.45) is 17.8 Å². The first-order valence-electron chi connectivity index (χ1n) is 11.0. The molecule has 0 spiro atoms. The fourth-order valence-corrected chi connectivity index (χ4v) is 5.32. The molecule has 1 amide bonds. The smallest absolute Gasteiger partial charge is 0.407 e. The minimum atomic E-state index is -0.240. The molecule has 2 aromatic rings. The number of aryl methyl sites for hydroxylation is 1. The average molecular weight is 380 g/mol. The van der Waals surface area contributed by atoms with E-state index in [2.05, 4.69) is 62.5 Å². The van der Waals surface area contributed by atoms with Gasteiger partial charge in [-0.1, -0.05) is 63.6 Å². The normalized spacial score (nSPS) is 27.4. The molecule has 3 heteroatoms. The van der Waals surface area contributed by atoms with Gasteiger partial charge < -0.3 is 10.1 Å². The number of alkyl carbamates (subject to hydrolysis) is 1. The topological polar surface area (TPSA) is 38.3 Å². The molecule has 1 saturated carbocycles. The molecular formula is C25H33NO2. The minimum absolute atomic E-state index is 0.0410. The average Bonchev–Trinajstić information content (AvgIpc) is 2.67. The van der Waals surface area contributed by atoms with Gasteiger partial charge in [-0.25, -0.2) is 4.79 Å². The first-order valence-corrected chi connectivity index (χ1v) is 11.0. The molecule has 0 bridgehead atoms. The predicted molar refractivity (Wildman–Crippen MR) is 114 cm³/mol. The Hall–Kier alpha value is -2.03. The first kappa shape index (κ1) is 19.3. The van der Waals surface area contributed by atoms with Crippen molar-refractivity contribution in [2.75, 3.05) is 0 Å². The van der Waals surface area contributed by atoms with Crippen LogP contribution in [-0.4, -0.2) is 12.2 Å². The number of ether oxygens (including phenoxy) is 1. The fraction of sp³-hybridized carbons (Fsp3) is 0.560. The van der Waals surface area contributed by atoms with Crippen LogP contribution in [0.3, 0.4) is 0 Å². The molecule has 0 aliphatic heterocycles. The van der Waals surface area contributed by atoms with Gasteiger partial charge in [0, 0.05) is 0 Å². The molecule has 0 heterocycles. The summed E-state index contributed by atoms with van der Waals surface area (Å²) >= 11 is 0. The second-order valence-corrected chi connectivity index (χ2v) is 9.22. The molecule has 1 fully saturated rings. The van der Waals surface area contributed by atoms with Gasteiger partial charge in [0.25, 0.3) is 0 Å². The number of benzene rings is 2. The maximum absolute atomic E-state index is 12.9. The Kier molecular flexibility index (Phi) is 5.61. The van der Waals surface area contributed by atoms with Crippen molar-refractivity contribution in [3.05, 3.63) is 47.5 Å². The Morgan fingerprint density at radius 3 is 2.75 bits per heavy atom. The summed E-state index contributed by atoms with van der Waals surface area (Å²) in [6.07, 6.45) is 6.36. The van der Waals surface area contributed by atoms with Gasteiger partial charge in [0.1, 0.15) is 6.10 Å². The Balaban J connectivity index is 1.52. The molecule has 4 rings (SSSR count). The number of hydrogen-bond acceptors (Lipinski definition) is 2. The summed E-state index contributed by atoms with van der Waals surface area (Å²) in [5.74, 6) is 1.65. The molecule has 2 aromatic carbocycles. The van der Waals surface area contributed by atoms with Gasteiger partial charge in [0.15, 0.2) is 0 Å². The van der Waals surface area contributed by atoms with Crippen molar-refractivity contribution in [1.82, 2.24) is 5.32 Å². The van der Waals surface area contributed by atoms with Crippen molar-refractivity contribution < 1.29 is 9.53 Å². The van der Waals surface area contributed by atoms with Crippen LogP contribution in [-0.2, 0) is 11.2 Å². The summed E-state index contributed by atoms with van der Waals surface area (Å²) in [5.41, 5.74) is 2.65. The van der Waals surface area contributed by atoms with E-state index in [0.29, 0.717) is 17.8 Å². The quantitative estimate of drug-likeness (QED) is 0.669. The zero-order valence-corrected chi connectivity index (χ0v) is 17.4. The van der Waals surface area contributed by atoms with Crippen LogP contribution in [0.1, 0.15) is 70.0 Å². The number of fused-ring (bicyclic) bond motifs is 3. The number of carbonyl (C=O) groups excluding carboxylic acids is 1. The van der Waals surface area contributed by atoms with Gasteiger partial charge in [0.2, 0.25) is 0 Å². The largest absolute Gasteiger partial charge is 0.446 e. The van der Waals surface area contributed by atoms with E-state index in [1.165, 1.54) is 28.3 Å². The van der Waals surface area contributed by atoms with E-state index < -0.39 is 0 Å². The van der Waals surface area contributed by atoms with Crippen LogP contribution in [0, 0.1) is 17.8 Å². The summed E-state index contributed by atoms with van der Waals surface area (Å²) in [6, 6.07) is 13.0. The van der Waals surface area contributed by atoms with Crippen molar-refractivity contribution in [1.29, 1.82) is 0 Å². The molecule has 0 unspecified atom stereocenters. The predicted octanol–water partition coefficient (Wildman–Crippen LogP) is 6.40. The molecule has 2 aliphatic rings. The van der Waals surface area contributed by atoms with E-state index in [4.69, 9.17) is 4.74 Å². The van der Waals surface area contributed by atoms with Gasteiger partial charge in [-0.3, -0.25) is 0 Å². The summed E-state index contributed by atoms with van der Waals surface area (Å²) < 4.78 is 6.02. The zero-order chi connectivity index (χ0) is 19.7. The molecule has 1 N–H and O–H groups in total. The fourth-order valence-electron chi connectivity index (χ4n) is 5.32. The van der Waals surface area contributed by atoms with Crippen LogP contribution in [0.15, 0.2) is 36.4 Å². The minimum Gasteiger partial charge on any atom is -0.446 e. The Bertz CT molecular complexity index is 844. The number of hydrogen-bond donors (Lipinski definition) is 1. The molecular weight excluding hydrogens is 346 g/mol. The molecule has 0 radical (unpaired) electrons. The number of nitrogens with one attached hydrogen (secondary N) is 1. The standard InChI is InChI=1S/C25H33NO2/c1-16(2)20-14-11-17(3)15-23(20)28-25(27)26-22-10-6-8-19-13-12-18-7-4-5-9-21(18)24(19)22/h4-5,7,9,12-13,16-17,20,22-23H,6,8,10-11,14-15H2,1-3H3,(H,26,27)/t17-,20+,22+,23-/m1/s1. The highest BCUT2D eigenvalue weighted by Crippen LogP contribution is 2.37. The van der Waals surface area contributed by atoms with E-state index >= 15 is 0 Å². The summed E-state index contributed by atoms with van der Waals surface area (Å²) in [7, 11) is 0. The van der Waals surface area contributed by atoms with Gasteiger partial charge >= 0.3 is 6.09 Å². The Morgan fingerprint density at radius 2 is 1.93 bits per heavy atom. The van der Waals surface area contributed by atoms with Gasteiger partial charge in [-0.2, -0.15) is 0 Å². The molecule has 0 saturated heterocycles. The summed E-state index contributed by atoms with van der Waals surface area (Å²) in [6.45, 7) is 6.77. The lowest BCUT2D eigenvalue weighted by molar-refractivity contribution is 0.00472. The lowest BCUT2D eigenvalue weighted by Crippen LogP contribution is -2.40. The van der Waals surface area contributed by atoms with E-state index in [0.717, 1.165) is 32.1 Å². The van der Waals surface area contributed by atoms with Gasteiger partial charge in [0.05, 0.1) is 6.04 Å². The lowest BCUT2D eigenvalue weighted by Gasteiger charge is -2.37. The van der Waals surface area contributed by atoms with Gasteiger partial charge in [-0.15, -0.1) is 0 Å². The maximum Gasteiger partial charge on any atom is 0.407 e. The van der Waals surface area contributed by atoms with E-state index in [1.807, 2.05) is 0 Å². The monoisotopic (exact) mass is 379 g/mol. The molecule has 2 aliphatic carbocycles. The van der Waals surface area contributed by atoms with Crippen molar-refractivity contribution >= 4 is 16.9 Å².